The van der Waals surface area contributed by atoms with E-state index in [0.29, 0.717) is 0 Å². The third kappa shape index (κ3) is 0.988. The van der Waals surface area contributed by atoms with Crippen LogP contribution in [0.4, 0.5) is 0 Å². The number of nitrogens with two attached hydrogens (primary N) is 1. The van der Waals surface area contributed by atoms with Crippen molar-refractivity contribution in [3.05, 3.63) is 12.2 Å². The van der Waals surface area contributed by atoms with E-state index in [9.17, 15) is 14.7 Å². The lowest BCUT2D eigenvalue weighted by molar-refractivity contribution is -0.149. The number of primary amides is 1. The summed E-state index contributed by atoms with van der Waals surface area (Å²) in [6.07, 6.45) is 3.43. The van der Waals surface area contributed by atoms with Crippen molar-refractivity contribution in [2.45, 2.75) is 12.0 Å². The molecule has 5 nitrogen and oxygen atoms in total. The van der Waals surface area contributed by atoms with Gasteiger partial charge in [0.05, 0.1) is 17.4 Å². The second-order valence-electron chi connectivity index (χ2n) is 3.96. The second-order valence-corrected chi connectivity index (χ2v) is 3.96. The molecule has 4 N–H and O–H groups in total. The molecule has 2 aliphatic carbocycles. The van der Waals surface area contributed by atoms with Gasteiger partial charge in [-0.05, 0) is 12.3 Å². The number of hydrogen-bond acceptors (Lipinski definition) is 3. The minimum Gasteiger partial charge on any atom is -0.481 e. The van der Waals surface area contributed by atoms with Gasteiger partial charge in [0.15, 0.2) is 0 Å². The molecule has 0 aromatic rings. The fourth-order valence-electron chi connectivity index (χ4n) is 2.59. The SMILES string of the molecule is NC(=O)C1C(C(=O)O)C2C=CC1(O)C2. The number of fused-ring (bicyclic) bond motifs is 2. The average molecular weight is 197 g/mol. The molecule has 0 radical (unpaired) electrons. The maximum Gasteiger partial charge on any atom is 0.308 e. The van der Waals surface area contributed by atoms with E-state index in [0.717, 1.165) is 0 Å². The highest BCUT2D eigenvalue weighted by atomic mass is 16.4. The summed E-state index contributed by atoms with van der Waals surface area (Å²) in [5.41, 5.74) is 3.77. The van der Waals surface area contributed by atoms with Gasteiger partial charge in [0, 0.05) is 0 Å². The molecule has 2 rings (SSSR count). The lowest BCUT2D eigenvalue weighted by Crippen LogP contribution is -2.45. The van der Waals surface area contributed by atoms with Crippen molar-refractivity contribution in [2.24, 2.45) is 23.5 Å². The number of aliphatic carboxylic acids is 1. The highest BCUT2D eigenvalue weighted by Crippen LogP contribution is 2.50. The normalized spacial score (nSPS) is 44.2. The van der Waals surface area contributed by atoms with Gasteiger partial charge in [-0.3, -0.25) is 9.59 Å². The van der Waals surface area contributed by atoms with Crippen LogP contribution in [0, 0.1) is 17.8 Å². The van der Waals surface area contributed by atoms with Gasteiger partial charge in [0.25, 0.3) is 0 Å². The molecule has 0 spiro atoms. The molecule has 0 aromatic carbocycles. The lowest BCUT2D eigenvalue weighted by atomic mass is 9.80. The van der Waals surface area contributed by atoms with Crippen molar-refractivity contribution < 1.29 is 19.8 Å². The Hall–Kier alpha value is -1.36. The van der Waals surface area contributed by atoms with E-state index in [1.807, 2.05) is 0 Å². The van der Waals surface area contributed by atoms with Gasteiger partial charge in [0.1, 0.15) is 0 Å². The van der Waals surface area contributed by atoms with E-state index in [2.05, 4.69) is 0 Å². The van der Waals surface area contributed by atoms with Crippen LogP contribution in [-0.4, -0.2) is 27.7 Å². The standard InChI is InChI=1S/C9H11NO4/c10-7(11)6-5(8(12)13)4-1-2-9(6,14)3-4/h1-2,4-6,14H,3H2,(H2,10,11)(H,12,13). The molecule has 4 unspecified atom stereocenters. The number of amides is 1. The Morgan fingerprint density at radius 3 is 2.57 bits per heavy atom. The first-order valence-corrected chi connectivity index (χ1v) is 4.39. The number of hydrogen-bond donors (Lipinski definition) is 3. The number of carboxylic acids is 1. The Bertz CT molecular complexity index is 338. The van der Waals surface area contributed by atoms with Crippen LogP contribution in [0.1, 0.15) is 6.42 Å². The van der Waals surface area contributed by atoms with E-state index >= 15 is 0 Å². The second kappa shape index (κ2) is 2.57. The summed E-state index contributed by atoms with van der Waals surface area (Å²) in [7, 11) is 0. The van der Waals surface area contributed by atoms with E-state index in [1.54, 1.807) is 6.08 Å². The van der Waals surface area contributed by atoms with Crippen LogP contribution in [-0.2, 0) is 9.59 Å². The first-order valence-electron chi connectivity index (χ1n) is 4.39. The van der Waals surface area contributed by atoms with Crippen LogP contribution in [0.25, 0.3) is 0 Å². The molecule has 0 aliphatic heterocycles. The first kappa shape index (κ1) is 9.21. The predicted octanol–water partition coefficient (Wildman–Crippen LogP) is -0.891. The Morgan fingerprint density at radius 1 is 1.50 bits per heavy atom. The van der Waals surface area contributed by atoms with Gasteiger partial charge >= 0.3 is 5.97 Å². The number of allylic oxidation sites excluding steroid dienone is 1. The number of carbonyl (C=O) groups is 2. The predicted molar refractivity (Wildman–Crippen MR) is 46.0 cm³/mol. The molecule has 2 bridgehead atoms. The Kier molecular flexibility index (Phi) is 1.69. The zero-order valence-electron chi connectivity index (χ0n) is 7.38. The maximum absolute atomic E-state index is 11.1. The van der Waals surface area contributed by atoms with Gasteiger partial charge in [-0.1, -0.05) is 12.2 Å². The van der Waals surface area contributed by atoms with Crippen LogP contribution >= 0.6 is 0 Å². The smallest absolute Gasteiger partial charge is 0.308 e. The zero-order valence-corrected chi connectivity index (χ0v) is 7.38. The average Bonchev–Trinajstić information content (AvgIpc) is 2.55. The molecular weight excluding hydrogens is 186 g/mol. The van der Waals surface area contributed by atoms with Gasteiger partial charge in [-0.2, -0.15) is 0 Å². The van der Waals surface area contributed by atoms with E-state index in [4.69, 9.17) is 10.8 Å². The van der Waals surface area contributed by atoms with Crippen molar-refractivity contribution in [2.75, 3.05) is 0 Å². The third-order valence-electron chi connectivity index (χ3n) is 3.15. The summed E-state index contributed by atoms with van der Waals surface area (Å²) >= 11 is 0. The molecular formula is C9H11NO4. The van der Waals surface area contributed by atoms with Crippen LogP contribution in [0.2, 0.25) is 0 Å². The molecule has 4 atom stereocenters. The van der Waals surface area contributed by atoms with E-state index < -0.39 is 29.3 Å². The van der Waals surface area contributed by atoms with Crippen LogP contribution < -0.4 is 5.73 Å². The quantitative estimate of drug-likeness (QED) is 0.500. The Morgan fingerprint density at radius 2 is 2.14 bits per heavy atom. The van der Waals surface area contributed by atoms with Crippen LogP contribution in [0.3, 0.4) is 0 Å². The zero-order chi connectivity index (χ0) is 10.5. The molecule has 1 fully saturated rings. The van der Waals surface area contributed by atoms with Crippen molar-refractivity contribution >= 4 is 11.9 Å². The molecule has 5 heteroatoms. The van der Waals surface area contributed by atoms with Crippen LogP contribution in [0.5, 0.6) is 0 Å². The largest absolute Gasteiger partial charge is 0.481 e. The summed E-state index contributed by atoms with van der Waals surface area (Å²) in [5.74, 6) is -3.95. The maximum atomic E-state index is 11.1. The highest BCUT2D eigenvalue weighted by Gasteiger charge is 2.59. The fraction of sp³-hybridized carbons (Fsp3) is 0.556. The monoisotopic (exact) mass is 197 g/mol. The molecule has 1 amide bonds. The Labute approximate surface area is 80.2 Å². The van der Waals surface area contributed by atoms with Crippen molar-refractivity contribution in [3.8, 4) is 0 Å². The number of rotatable bonds is 2. The topological polar surface area (TPSA) is 101 Å². The summed E-state index contributed by atoms with van der Waals surface area (Å²) in [5, 5.41) is 18.9. The molecule has 0 aromatic heterocycles. The molecule has 0 saturated heterocycles. The van der Waals surface area contributed by atoms with Crippen LogP contribution in [0.15, 0.2) is 12.2 Å². The Balaban J connectivity index is 2.41. The molecule has 14 heavy (non-hydrogen) atoms. The molecule has 0 heterocycles. The first-order chi connectivity index (χ1) is 6.46. The van der Waals surface area contributed by atoms with Crippen molar-refractivity contribution in [1.29, 1.82) is 0 Å². The lowest BCUT2D eigenvalue weighted by Gasteiger charge is -2.27. The van der Waals surface area contributed by atoms with Crippen molar-refractivity contribution in [1.82, 2.24) is 0 Å². The highest BCUT2D eigenvalue weighted by molar-refractivity contribution is 5.87. The number of carbonyl (C=O) groups excluding carboxylic acids is 1. The van der Waals surface area contributed by atoms with E-state index in [1.165, 1.54) is 6.08 Å². The van der Waals surface area contributed by atoms with E-state index in [-0.39, 0.29) is 12.3 Å². The van der Waals surface area contributed by atoms with Gasteiger partial charge < -0.3 is 15.9 Å². The van der Waals surface area contributed by atoms with Gasteiger partial charge in [-0.15, -0.1) is 0 Å². The summed E-state index contributed by atoms with van der Waals surface area (Å²) in [6, 6.07) is 0. The van der Waals surface area contributed by atoms with Gasteiger partial charge in [-0.25, -0.2) is 0 Å². The van der Waals surface area contributed by atoms with Crippen molar-refractivity contribution in [3.63, 3.8) is 0 Å². The third-order valence-corrected chi connectivity index (χ3v) is 3.15. The van der Waals surface area contributed by atoms with Gasteiger partial charge in [0.2, 0.25) is 5.91 Å². The molecule has 1 saturated carbocycles. The minimum atomic E-state index is -1.33. The number of carboxylic acid groups (broad SMARTS) is 1. The molecule has 2 aliphatic rings. The fourth-order valence-corrected chi connectivity index (χ4v) is 2.59. The number of aliphatic hydroxyl groups is 1. The summed E-state index contributed by atoms with van der Waals surface area (Å²) in [6.45, 7) is 0. The minimum absolute atomic E-state index is 0.269. The summed E-state index contributed by atoms with van der Waals surface area (Å²) in [4.78, 5) is 22.0. The molecule has 76 valence electrons. The summed E-state index contributed by atoms with van der Waals surface area (Å²) < 4.78 is 0.